The number of pyridine rings is 2. The molecule has 0 radical (unpaired) electrons. The summed E-state index contributed by atoms with van der Waals surface area (Å²) >= 11 is 0. The van der Waals surface area contributed by atoms with Crippen molar-refractivity contribution in [1.82, 2.24) is 19.4 Å². The molecule has 0 spiro atoms. The highest BCUT2D eigenvalue weighted by molar-refractivity contribution is 6.30. The van der Waals surface area contributed by atoms with E-state index in [2.05, 4.69) is 307 Å². The zero-order valence-electron chi connectivity index (χ0n) is 59.9. The number of aromatic nitrogens is 4. The molecule has 16 aromatic carbocycles. The first-order valence-corrected chi connectivity index (χ1v) is 37.8. The van der Waals surface area contributed by atoms with E-state index in [1.165, 1.54) is 0 Å². The van der Waals surface area contributed by atoms with Crippen molar-refractivity contribution in [2.75, 3.05) is 4.90 Å². The highest BCUT2D eigenvalue weighted by atomic mass is 16.3. The Bertz CT molecular complexity index is 7660. The predicted octanol–water partition coefficient (Wildman–Crippen LogP) is 28.6. The first kappa shape index (κ1) is 61.9. The van der Waals surface area contributed by atoms with Gasteiger partial charge in [0, 0.05) is 109 Å². The van der Waals surface area contributed by atoms with Gasteiger partial charge in [-0.15, -0.1) is 0 Å². The van der Waals surface area contributed by atoms with Crippen LogP contribution in [0.3, 0.4) is 0 Å². The fourth-order valence-corrected chi connectivity index (χ4v) is 17.6. The van der Waals surface area contributed by atoms with Gasteiger partial charge in [0.1, 0.15) is 44.7 Å². The summed E-state index contributed by atoms with van der Waals surface area (Å²) in [4.78, 5) is 19.0. The molecule has 8 aromatic heterocycles. The first-order valence-electron chi connectivity index (χ1n) is 37.8. The molecule has 0 bridgehead atoms. The minimum Gasteiger partial charge on any atom is -0.456 e. The van der Waals surface area contributed by atoms with Crippen LogP contribution in [0.15, 0.2) is 376 Å². The fraction of sp³-hybridized carbons (Fsp3) is 0. The minimum atomic E-state index is 0.631. The van der Waals surface area contributed by atoms with Crippen molar-refractivity contribution in [2.45, 2.75) is 0 Å². The lowest BCUT2D eigenvalue weighted by Gasteiger charge is -2.28. The maximum absolute atomic E-state index is 6.61. The molecule has 0 saturated heterocycles. The summed E-state index contributed by atoms with van der Waals surface area (Å²) < 4.78 is 28.6. The van der Waals surface area contributed by atoms with Crippen LogP contribution in [0.25, 0.3) is 226 Å². The maximum atomic E-state index is 6.61. The summed E-state index contributed by atoms with van der Waals surface area (Å²) in [7, 11) is 0. The van der Waals surface area contributed by atoms with Crippen LogP contribution >= 0.6 is 0 Å². The molecule has 0 aliphatic rings. The van der Waals surface area contributed by atoms with Crippen LogP contribution in [0.5, 0.6) is 0 Å². The quantitative estimate of drug-likeness (QED) is 0.0933. The second-order valence-corrected chi connectivity index (χ2v) is 29.3. The Morgan fingerprint density at radius 3 is 1.10 bits per heavy atom. The summed E-state index contributed by atoms with van der Waals surface area (Å²) in [5, 5.41) is 15.2. The lowest BCUT2D eigenvalue weighted by molar-refractivity contribution is 0.668. The average molecular weight is 1430 g/mol. The number of nitrogens with zero attached hydrogens (tertiary/aromatic N) is 5. The maximum Gasteiger partial charge on any atom is 0.160 e. The van der Waals surface area contributed by atoms with Crippen molar-refractivity contribution in [3.8, 4) is 89.8 Å². The predicted molar refractivity (Wildman–Crippen MR) is 459 cm³/mol. The Labute approximate surface area is 639 Å². The van der Waals surface area contributed by atoms with Gasteiger partial charge in [-0.3, -0.25) is 0 Å². The SMILES string of the molecule is c1ccc(-c2cc(-c3ccccc3)nc(-c3ccc4c(c3)c3cc(-c5cc(-c6ccc7c(c6)oc6ccccc67)cc(-c6ccc7c(c6)oc6ccccc67)n5)cc5c6ccc(N(c7ccc(-c8ccc9c(c8)oc8ccccc89)cc7)c7ccc(-c8ccc9c(c8)oc8ccccc89)cc7)c7cccc(c76)n4c53)n2)cc1. The van der Waals surface area contributed by atoms with E-state index in [0.717, 1.165) is 238 Å². The van der Waals surface area contributed by atoms with E-state index in [4.69, 9.17) is 32.6 Å². The third kappa shape index (κ3) is 9.73. The smallest absolute Gasteiger partial charge is 0.160 e. The van der Waals surface area contributed by atoms with Crippen LogP contribution in [0.2, 0.25) is 0 Å². The summed E-state index contributed by atoms with van der Waals surface area (Å²) in [6.07, 6.45) is 0. The lowest BCUT2D eigenvalue weighted by atomic mass is 9.94. The van der Waals surface area contributed by atoms with Gasteiger partial charge in [-0.2, -0.15) is 0 Å². The molecule has 0 N–H and O–H groups in total. The molecule has 0 aliphatic heterocycles. The van der Waals surface area contributed by atoms with Gasteiger partial charge in [-0.1, -0.05) is 200 Å². The van der Waals surface area contributed by atoms with Gasteiger partial charge in [-0.25, -0.2) is 15.0 Å². The Hall–Kier alpha value is -15.2. The van der Waals surface area contributed by atoms with Crippen LogP contribution in [0, 0.1) is 0 Å². The largest absolute Gasteiger partial charge is 0.456 e. The molecule has 9 heteroatoms. The van der Waals surface area contributed by atoms with Crippen molar-refractivity contribution < 1.29 is 17.7 Å². The normalized spacial score (nSPS) is 12.1. The number of furan rings is 4. The Morgan fingerprint density at radius 1 is 0.205 bits per heavy atom. The van der Waals surface area contributed by atoms with E-state index >= 15 is 0 Å². The molecule has 24 aromatic rings. The Balaban J connectivity index is 0.735. The molecule has 24 rings (SSSR count). The van der Waals surface area contributed by atoms with E-state index in [1.54, 1.807) is 0 Å². The number of hydrogen-bond acceptors (Lipinski definition) is 8. The molecular formula is C103H59N5O4. The van der Waals surface area contributed by atoms with Crippen LogP contribution in [0.1, 0.15) is 0 Å². The first-order chi connectivity index (χ1) is 55.4. The number of fused-ring (bicyclic) bond motifs is 17. The van der Waals surface area contributed by atoms with E-state index < -0.39 is 0 Å². The van der Waals surface area contributed by atoms with Gasteiger partial charge in [0.2, 0.25) is 0 Å². The van der Waals surface area contributed by atoms with Crippen molar-refractivity contribution in [2.24, 2.45) is 0 Å². The number of benzene rings is 16. The topological polar surface area (TPSA) is 98.9 Å². The summed E-state index contributed by atoms with van der Waals surface area (Å²) in [6.45, 7) is 0. The van der Waals surface area contributed by atoms with E-state index in [9.17, 15) is 0 Å². The molecule has 112 heavy (non-hydrogen) atoms. The van der Waals surface area contributed by atoms with Crippen LogP contribution in [-0.4, -0.2) is 19.4 Å². The molecule has 8 heterocycles. The molecule has 0 saturated carbocycles. The summed E-state index contributed by atoms with van der Waals surface area (Å²) in [5.74, 6) is 0.631. The zero-order valence-corrected chi connectivity index (χ0v) is 59.9. The van der Waals surface area contributed by atoms with Crippen molar-refractivity contribution in [3.63, 3.8) is 0 Å². The molecular weight excluding hydrogens is 1370 g/mol. The second-order valence-electron chi connectivity index (χ2n) is 29.3. The summed E-state index contributed by atoms with van der Waals surface area (Å²) in [5.41, 5.74) is 27.5. The minimum absolute atomic E-state index is 0.631. The highest BCUT2D eigenvalue weighted by Crippen LogP contribution is 2.50. The fourth-order valence-electron chi connectivity index (χ4n) is 17.6. The average Bonchev–Trinajstić information content (AvgIpc) is 1.49. The number of para-hydroxylation sites is 4. The van der Waals surface area contributed by atoms with Crippen molar-refractivity contribution in [1.29, 1.82) is 0 Å². The molecule has 0 fully saturated rings. The van der Waals surface area contributed by atoms with E-state index in [1.807, 2.05) is 60.7 Å². The second kappa shape index (κ2) is 24.2. The lowest BCUT2D eigenvalue weighted by Crippen LogP contribution is -2.11. The van der Waals surface area contributed by atoms with E-state index in [0.29, 0.717) is 5.82 Å². The van der Waals surface area contributed by atoms with Crippen LogP contribution < -0.4 is 4.90 Å². The van der Waals surface area contributed by atoms with Gasteiger partial charge in [-0.05, 0) is 196 Å². The number of anilines is 3. The van der Waals surface area contributed by atoms with Gasteiger partial charge in [0.25, 0.3) is 0 Å². The monoisotopic (exact) mass is 1430 g/mol. The molecule has 9 nitrogen and oxygen atoms in total. The molecule has 520 valence electrons. The molecule has 0 aliphatic carbocycles. The van der Waals surface area contributed by atoms with Gasteiger partial charge in [0.15, 0.2) is 5.82 Å². The molecule has 0 amide bonds. The van der Waals surface area contributed by atoms with Gasteiger partial charge < -0.3 is 27.0 Å². The Kier molecular flexibility index (Phi) is 13.4. The van der Waals surface area contributed by atoms with Crippen LogP contribution in [0.4, 0.5) is 17.1 Å². The third-order valence-corrected chi connectivity index (χ3v) is 22.9. The van der Waals surface area contributed by atoms with Crippen molar-refractivity contribution >= 4 is 154 Å². The zero-order chi connectivity index (χ0) is 73.2. The van der Waals surface area contributed by atoms with E-state index in [-0.39, 0.29) is 0 Å². The van der Waals surface area contributed by atoms with Gasteiger partial charge in [0.05, 0.1) is 45.0 Å². The third-order valence-electron chi connectivity index (χ3n) is 22.9. The number of hydrogen-bond donors (Lipinski definition) is 0. The molecule has 0 atom stereocenters. The highest BCUT2D eigenvalue weighted by Gasteiger charge is 2.26. The summed E-state index contributed by atoms with van der Waals surface area (Å²) in [6, 6.07) is 127. The van der Waals surface area contributed by atoms with Gasteiger partial charge >= 0.3 is 0 Å². The Morgan fingerprint density at radius 2 is 0.589 bits per heavy atom. The molecule has 0 unspecified atom stereocenters. The number of rotatable bonds is 11. The van der Waals surface area contributed by atoms with Crippen LogP contribution in [-0.2, 0) is 0 Å². The van der Waals surface area contributed by atoms with Crippen molar-refractivity contribution in [3.05, 3.63) is 358 Å². The standard InChI is InChI=1S/C103H59N5O4/c1-3-16-62(17-4-1)88-59-89(63-18-5-2-6-19-63)106-103(105-88)68-38-48-91-83(50-68)85-52-70(87-54-69(66-36-45-79-75-22-9-13-28-95(75)111-99(79)57-66)53-86(104-87)67-37-46-80-76-23-10-14-29-96(76)112-100(80)58-67)51-84-81-47-49-90(82-24-15-25-92(101(81)82)108(91)102(84)85)107(71-39-30-60(31-40-71)64-34-43-77-73-20-7-11-26-93(73)109-97(77)55-64)72-41-32-61(33-42-72)65-35-44-78-74-21-8-12-27-94(74)110-98(78)56-65/h1-59H.